The molecule has 1 aromatic rings. The zero-order valence-electron chi connectivity index (χ0n) is 13.2. The number of hydrogen-bond donors (Lipinski definition) is 1. The Morgan fingerprint density at radius 3 is 2.67 bits per heavy atom. The van der Waals surface area contributed by atoms with Crippen molar-refractivity contribution < 1.29 is 4.74 Å². The molecule has 1 aliphatic carbocycles. The van der Waals surface area contributed by atoms with Crippen molar-refractivity contribution in [3.63, 3.8) is 0 Å². The van der Waals surface area contributed by atoms with Crippen molar-refractivity contribution in [2.45, 2.75) is 39.2 Å². The van der Waals surface area contributed by atoms with E-state index in [4.69, 9.17) is 4.74 Å². The van der Waals surface area contributed by atoms with E-state index in [0.29, 0.717) is 6.04 Å². The number of morpholine rings is 1. The van der Waals surface area contributed by atoms with Crippen LogP contribution in [0.3, 0.4) is 0 Å². The summed E-state index contributed by atoms with van der Waals surface area (Å²) in [5, 5.41) is 3.68. The maximum atomic E-state index is 5.38. The van der Waals surface area contributed by atoms with Crippen molar-refractivity contribution in [3.8, 4) is 0 Å². The van der Waals surface area contributed by atoms with Gasteiger partial charge >= 0.3 is 0 Å². The van der Waals surface area contributed by atoms with E-state index in [-0.39, 0.29) is 0 Å². The molecule has 4 nitrogen and oxygen atoms in total. The van der Waals surface area contributed by atoms with Gasteiger partial charge in [0.25, 0.3) is 0 Å². The van der Waals surface area contributed by atoms with Crippen LogP contribution in [-0.2, 0) is 4.74 Å². The Bertz CT molecular complexity index is 442. The maximum Gasteiger partial charge on any atom is 0.128 e. The van der Waals surface area contributed by atoms with E-state index >= 15 is 0 Å². The lowest BCUT2D eigenvalue weighted by Gasteiger charge is -2.34. The van der Waals surface area contributed by atoms with Gasteiger partial charge in [0.1, 0.15) is 5.82 Å². The minimum absolute atomic E-state index is 0.595. The summed E-state index contributed by atoms with van der Waals surface area (Å²) in [6.45, 7) is 8.22. The highest BCUT2D eigenvalue weighted by Gasteiger charge is 2.25. The molecule has 21 heavy (non-hydrogen) atoms. The smallest absolute Gasteiger partial charge is 0.128 e. The molecule has 1 saturated heterocycles. The topological polar surface area (TPSA) is 37.4 Å². The predicted molar refractivity (Wildman–Crippen MR) is 86.9 cm³/mol. The summed E-state index contributed by atoms with van der Waals surface area (Å²) < 4.78 is 5.38. The molecular formula is C17H27N3O. The highest BCUT2D eigenvalue weighted by Crippen LogP contribution is 2.30. The SMILES string of the molecule is CC1CCC(Nc2ccc(N3CCOCC3)nc2)C(C)C1. The van der Waals surface area contributed by atoms with Crippen molar-refractivity contribution in [3.05, 3.63) is 18.3 Å². The molecule has 3 rings (SSSR count). The van der Waals surface area contributed by atoms with Gasteiger partial charge in [-0.05, 0) is 43.2 Å². The van der Waals surface area contributed by atoms with Crippen LogP contribution in [0.4, 0.5) is 11.5 Å². The molecule has 0 aromatic carbocycles. The summed E-state index contributed by atoms with van der Waals surface area (Å²) in [7, 11) is 0. The summed E-state index contributed by atoms with van der Waals surface area (Å²) in [5.41, 5.74) is 1.15. The Hall–Kier alpha value is -1.29. The van der Waals surface area contributed by atoms with Crippen molar-refractivity contribution in [2.75, 3.05) is 36.5 Å². The Labute approximate surface area is 127 Å². The van der Waals surface area contributed by atoms with Gasteiger partial charge in [0.05, 0.1) is 25.1 Å². The normalized spacial score (nSPS) is 30.2. The monoisotopic (exact) mass is 289 g/mol. The third-order valence-electron chi connectivity index (χ3n) is 4.87. The summed E-state index contributed by atoms with van der Waals surface area (Å²) in [6, 6.07) is 4.89. The largest absolute Gasteiger partial charge is 0.381 e. The van der Waals surface area contributed by atoms with Gasteiger partial charge in [-0.25, -0.2) is 4.98 Å². The Morgan fingerprint density at radius 1 is 1.19 bits per heavy atom. The number of anilines is 2. The number of nitrogens with zero attached hydrogens (tertiary/aromatic N) is 2. The van der Waals surface area contributed by atoms with E-state index in [1.165, 1.54) is 19.3 Å². The minimum Gasteiger partial charge on any atom is -0.381 e. The van der Waals surface area contributed by atoms with Crippen molar-refractivity contribution >= 4 is 11.5 Å². The number of rotatable bonds is 3. The molecule has 0 radical (unpaired) electrons. The first-order valence-electron chi connectivity index (χ1n) is 8.27. The van der Waals surface area contributed by atoms with Crippen molar-refractivity contribution in [1.82, 2.24) is 4.98 Å². The quantitative estimate of drug-likeness (QED) is 0.927. The number of ether oxygens (including phenoxy) is 1. The molecule has 116 valence electrons. The lowest BCUT2D eigenvalue weighted by molar-refractivity contribution is 0.122. The first-order valence-corrected chi connectivity index (χ1v) is 8.27. The molecule has 2 aliphatic rings. The van der Waals surface area contributed by atoms with E-state index < -0.39 is 0 Å². The fourth-order valence-electron chi connectivity index (χ4n) is 3.54. The van der Waals surface area contributed by atoms with Crippen LogP contribution in [-0.4, -0.2) is 37.3 Å². The highest BCUT2D eigenvalue weighted by molar-refractivity contribution is 5.49. The fraction of sp³-hybridized carbons (Fsp3) is 0.706. The summed E-state index contributed by atoms with van der Waals surface area (Å²) >= 11 is 0. The Balaban J connectivity index is 1.59. The zero-order valence-corrected chi connectivity index (χ0v) is 13.2. The summed E-state index contributed by atoms with van der Waals surface area (Å²) in [6.07, 6.45) is 5.92. The molecule has 2 heterocycles. The van der Waals surface area contributed by atoms with Gasteiger partial charge in [-0.15, -0.1) is 0 Å². The molecule has 0 amide bonds. The van der Waals surface area contributed by atoms with Crippen LogP contribution in [0.1, 0.15) is 33.1 Å². The lowest BCUT2D eigenvalue weighted by atomic mass is 9.80. The van der Waals surface area contributed by atoms with Crippen LogP contribution in [0.5, 0.6) is 0 Å². The Morgan fingerprint density at radius 2 is 2.00 bits per heavy atom. The van der Waals surface area contributed by atoms with Crippen LogP contribution in [0, 0.1) is 11.8 Å². The zero-order chi connectivity index (χ0) is 14.7. The van der Waals surface area contributed by atoms with E-state index in [2.05, 4.69) is 41.2 Å². The minimum atomic E-state index is 0.595. The van der Waals surface area contributed by atoms with Crippen LogP contribution in [0.15, 0.2) is 18.3 Å². The molecule has 1 saturated carbocycles. The average Bonchev–Trinajstić information content (AvgIpc) is 2.52. The van der Waals surface area contributed by atoms with Gasteiger partial charge < -0.3 is 15.0 Å². The molecule has 4 heteroatoms. The van der Waals surface area contributed by atoms with E-state index in [1.54, 1.807) is 0 Å². The number of hydrogen-bond acceptors (Lipinski definition) is 4. The van der Waals surface area contributed by atoms with Gasteiger partial charge in [-0.1, -0.05) is 13.8 Å². The van der Waals surface area contributed by atoms with Gasteiger partial charge in [0, 0.05) is 19.1 Å². The maximum absolute atomic E-state index is 5.38. The predicted octanol–water partition coefficient (Wildman–Crippen LogP) is 3.15. The molecule has 1 N–H and O–H groups in total. The molecule has 0 spiro atoms. The Kier molecular flexibility index (Phi) is 4.63. The third-order valence-corrected chi connectivity index (χ3v) is 4.87. The van der Waals surface area contributed by atoms with Gasteiger partial charge in [-0.3, -0.25) is 0 Å². The first kappa shape index (κ1) is 14.6. The van der Waals surface area contributed by atoms with Crippen LogP contribution >= 0.6 is 0 Å². The second kappa shape index (κ2) is 6.65. The molecule has 1 aliphatic heterocycles. The fourth-order valence-corrected chi connectivity index (χ4v) is 3.54. The number of nitrogens with one attached hydrogen (secondary N) is 1. The number of pyridine rings is 1. The molecule has 2 fully saturated rings. The highest BCUT2D eigenvalue weighted by atomic mass is 16.5. The van der Waals surface area contributed by atoms with Crippen LogP contribution < -0.4 is 10.2 Å². The molecule has 0 bridgehead atoms. The molecule has 3 atom stereocenters. The third kappa shape index (κ3) is 3.67. The first-order chi connectivity index (χ1) is 10.2. The molecule has 1 aromatic heterocycles. The van der Waals surface area contributed by atoms with Gasteiger partial charge in [0.15, 0.2) is 0 Å². The second-order valence-corrected chi connectivity index (χ2v) is 6.65. The van der Waals surface area contributed by atoms with Crippen molar-refractivity contribution in [1.29, 1.82) is 0 Å². The van der Waals surface area contributed by atoms with E-state index in [9.17, 15) is 0 Å². The van der Waals surface area contributed by atoms with Gasteiger partial charge in [-0.2, -0.15) is 0 Å². The van der Waals surface area contributed by atoms with Crippen molar-refractivity contribution in [2.24, 2.45) is 11.8 Å². The molecular weight excluding hydrogens is 262 g/mol. The van der Waals surface area contributed by atoms with E-state index in [1.807, 2.05) is 6.20 Å². The lowest BCUT2D eigenvalue weighted by Crippen LogP contribution is -2.36. The standard InChI is InChI=1S/C17H27N3O/c1-13-3-5-16(14(2)11-13)19-15-4-6-17(18-12-15)20-7-9-21-10-8-20/h4,6,12-14,16,19H,3,5,7-11H2,1-2H3. The number of aromatic nitrogens is 1. The van der Waals surface area contributed by atoms with Crippen LogP contribution in [0.2, 0.25) is 0 Å². The summed E-state index contributed by atoms with van der Waals surface area (Å²) in [5.74, 6) is 2.68. The molecule has 3 unspecified atom stereocenters. The average molecular weight is 289 g/mol. The second-order valence-electron chi connectivity index (χ2n) is 6.65. The van der Waals surface area contributed by atoms with E-state index in [0.717, 1.165) is 49.6 Å². The summed E-state index contributed by atoms with van der Waals surface area (Å²) in [4.78, 5) is 6.91. The van der Waals surface area contributed by atoms with Crippen LogP contribution in [0.25, 0.3) is 0 Å². The van der Waals surface area contributed by atoms with Gasteiger partial charge in [0.2, 0.25) is 0 Å².